The molecule has 0 atom stereocenters. The molecule has 10 rings (SSSR count). The lowest BCUT2D eigenvalue weighted by Gasteiger charge is -2.31. The summed E-state index contributed by atoms with van der Waals surface area (Å²) in [5.74, 6) is 0. The average Bonchev–Trinajstić information content (AvgIpc) is 3.64. The van der Waals surface area contributed by atoms with E-state index in [0.29, 0.717) is 0 Å². The van der Waals surface area contributed by atoms with E-state index < -0.39 is 0 Å². The van der Waals surface area contributed by atoms with Crippen LogP contribution in [-0.4, -0.2) is 0 Å². The highest BCUT2D eigenvalue weighted by molar-refractivity contribution is 6.23. The quantitative estimate of drug-likeness (QED) is 0.166. The number of benzene rings is 9. The molecule has 1 heterocycles. The molecule has 0 saturated carbocycles. The SMILES string of the molecule is c1ccc(-c2cccc(N(c3ccc(-c4ccccc4)cc3-c3ccccc3)c3ccccc3-c3cccc4ccc5oc6ccccc6c5c34)c2)cc1. The summed E-state index contributed by atoms with van der Waals surface area (Å²) in [6.07, 6.45) is 0. The Morgan fingerprint density at radius 3 is 1.69 bits per heavy atom. The number of hydrogen-bond acceptors (Lipinski definition) is 2. The van der Waals surface area contributed by atoms with Gasteiger partial charge in [0, 0.05) is 33.0 Å². The highest BCUT2D eigenvalue weighted by atomic mass is 16.3. The fourth-order valence-electron chi connectivity index (χ4n) is 7.97. The van der Waals surface area contributed by atoms with Crippen molar-refractivity contribution in [2.75, 3.05) is 4.90 Å². The van der Waals surface area contributed by atoms with E-state index in [-0.39, 0.29) is 0 Å². The Morgan fingerprint density at radius 2 is 0.907 bits per heavy atom. The Morgan fingerprint density at radius 1 is 0.315 bits per heavy atom. The van der Waals surface area contributed by atoms with E-state index in [4.69, 9.17) is 4.42 Å². The van der Waals surface area contributed by atoms with Crippen molar-refractivity contribution in [3.63, 3.8) is 0 Å². The number of rotatable bonds is 7. The largest absolute Gasteiger partial charge is 0.456 e. The van der Waals surface area contributed by atoms with Crippen LogP contribution in [0.5, 0.6) is 0 Å². The van der Waals surface area contributed by atoms with Crippen molar-refractivity contribution >= 4 is 49.8 Å². The molecule has 1 aromatic heterocycles. The van der Waals surface area contributed by atoms with Gasteiger partial charge in [0.15, 0.2) is 0 Å². The molecule has 0 aliphatic heterocycles. The number of anilines is 3. The molecule has 54 heavy (non-hydrogen) atoms. The van der Waals surface area contributed by atoms with E-state index in [0.717, 1.165) is 66.8 Å². The lowest BCUT2D eigenvalue weighted by Crippen LogP contribution is -2.13. The molecule has 0 bridgehead atoms. The van der Waals surface area contributed by atoms with Crippen LogP contribution in [0, 0.1) is 0 Å². The Bertz CT molecular complexity index is 2930. The number of furan rings is 1. The second kappa shape index (κ2) is 13.4. The molecule has 0 spiro atoms. The van der Waals surface area contributed by atoms with E-state index in [1.54, 1.807) is 0 Å². The van der Waals surface area contributed by atoms with Gasteiger partial charge in [-0.25, -0.2) is 0 Å². The minimum atomic E-state index is 0.893. The van der Waals surface area contributed by atoms with Gasteiger partial charge in [-0.2, -0.15) is 0 Å². The fourth-order valence-corrected chi connectivity index (χ4v) is 7.97. The van der Waals surface area contributed by atoms with Gasteiger partial charge in [-0.3, -0.25) is 0 Å². The summed E-state index contributed by atoms with van der Waals surface area (Å²) in [5.41, 5.74) is 14.4. The first-order valence-corrected chi connectivity index (χ1v) is 18.4. The normalized spacial score (nSPS) is 11.3. The third kappa shape index (κ3) is 5.53. The standard InChI is InChI=1S/C52H35NO/c1-4-16-36(17-5-1)40-23-14-24-42(34-40)53(48-32-30-41(37-18-6-2-7-19-37)35-46(48)38-20-8-3-9-21-38)47-28-12-10-25-43(47)44-27-15-22-39-31-33-50-52(51(39)44)45-26-11-13-29-49(45)54-50/h1-35H. The summed E-state index contributed by atoms with van der Waals surface area (Å²) in [4.78, 5) is 2.45. The number of fused-ring (bicyclic) bond motifs is 5. The molecule has 10 aromatic rings. The van der Waals surface area contributed by atoms with Gasteiger partial charge < -0.3 is 9.32 Å². The van der Waals surface area contributed by atoms with E-state index in [9.17, 15) is 0 Å². The maximum absolute atomic E-state index is 6.42. The molecule has 9 aromatic carbocycles. The third-order valence-corrected chi connectivity index (χ3v) is 10.5. The van der Waals surface area contributed by atoms with Crippen LogP contribution in [0.4, 0.5) is 17.1 Å². The highest BCUT2D eigenvalue weighted by Gasteiger charge is 2.23. The van der Waals surface area contributed by atoms with E-state index in [2.05, 4.69) is 211 Å². The van der Waals surface area contributed by atoms with Crippen molar-refractivity contribution in [1.82, 2.24) is 0 Å². The molecule has 0 radical (unpaired) electrons. The van der Waals surface area contributed by atoms with Crippen LogP contribution in [0.15, 0.2) is 217 Å². The molecule has 2 heteroatoms. The summed E-state index contributed by atoms with van der Waals surface area (Å²) in [6, 6.07) is 76.0. The summed E-state index contributed by atoms with van der Waals surface area (Å²) in [5, 5.41) is 4.63. The summed E-state index contributed by atoms with van der Waals surface area (Å²) >= 11 is 0. The topological polar surface area (TPSA) is 16.4 Å². The molecule has 254 valence electrons. The Kier molecular flexibility index (Phi) is 7.85. The van der Waals surface area contributed by atoms with Crippen molar-refractivity contribution in [3.8, 4) is 44.5 Å². The zero-order valence-electron chi connectivity index (χ0n) is 29.6. The van der Waals surface area contributed by atoms with Crippen LogP contribution >= 0.6 is 0 Å². The molecule has 0 unspecified atom stereocenters. The Labute approximate surface area is 314 Å². The minimum absolute atomic E-state index is 0.893. The average molecular weight is 690 g/mol. The molecular formula is C52H35NO. The van der Waals surface area contributed by atoms with Crippen molar-refractivity contribution in [1.29, 1.82) is 0 Å². The molecule has 0 aliphatic carbocycles. The molecule has 0 saturated heterocycles. The van der Waals surface area contributed by atoms with Gasteiger partial charge >= 0.3 is 0 Å². The lowest BCUT2D eigenvalue weighted by atomic mass is 9.92. The lowest BCUT2D eigenvalue weighted by molar-refractivity contribution is 0.669. The maximum atomic E-state index is 6.42. The zero-order valence-corrected chi connectivity index (χ0v) is 29.6. The first-order valence-electron chi connectivity index (χ1n) is 18.4. The predicted molar refractivity (Wildman–Crippen MR) is 228 cm³/mol. The first-order chi connectivity index (χ1) is 26.8. The van der Waals surface area contributed by atoms with Crippen molar-refractivity contribution in [2.45, 2.75) is 0 Å². The van der Waals surface area contributed by atoms with E-state index >= 15 is 0 Å². The van der Waals surface area contributed by atoms with Crippen molar-refractivity contribution in [3.05, 3.63) is 212 Å². The Balaban J connectivity index is 1.27. The minimum Gasteiger partial charge on any atom is -0.456 e. The van der Waals surface area contributed by atoms with Crippen molar-refractivity contribution in [2.24, 2.45) is 0 Å². The first kappa shape index (κ1) is 31.6. The van der Waals surface area contributed by atoms with Gasteiger partial charge in [0.2, 0.25) is 0 Å². The van der Waals surface area contributed by atoms with Gasteiger partial charge in [0.1, 0.15) is 11.2 Å². The predicted octanol–water partition coefficient (Wildman–Crippen LogP) is 14.9. The van der Waals surface area contributed by atoms with Gasteiger partial charge in [-0.05, 0) is 81.2 Å². The van der Waals surface area contributed by atoms with Crippen LogP contribution in [0.25, 0.3) is 77.2 Å². The van der Waals surface area contributed by atoms with Gasteiger partial charge in [0.05, 0.1) is 11.4 Å². The van der Waals surface area contributed by atoms with Gasteiger partial charge in [0.25, 0.3) is 0 Å². The fraction of sp³-hybridized carbons (Fsp3) is 0. The van der Waals surface area contributed by atoms with Gasteiger partial charge in [-0.15, -0.1) is 0 Å². The molecule has 0 N–H and O–H groups in total. The van der Waals surface area contributed by atoms with E-state index in [1.165, 1.54) is 27.5 Å². The second-order valence-electron chi connectivity index (χ2n) is 13.7. The summed E-state index contributed by atoms with van der Waals surface area (Å²) in [7, 11) is 0. The van der Waals surface area contributed by atoms with Gasteiger partial charge in [-0.1, -0.05) is 170 Å². The van der Waals surface area contributed by atoms with Crippen molar-refractivity contribution < 1.29 is 4.42 Å². The van der Waals surface area contributed by atoms with Crippen LogP contribution < -0.4 is 4.90 Å². The Hall–Kier alpha value is -7.16. The van der Waals surface area contributed by atoms with E-state index in [1.807, 2.05) is 6.07 Å². The number of para-hydroxylation sites is 2. The highest BCUT2D eigenvalue weighted by Crippen LogP contribution is 2.48. The van der Waals surface area contributed by atoms with Crippen LogP contribution in [-0.2, 0) is 0 Å². The third-order valence-electron chi connectivity index (χ3n) is 10.5. The number of nitrogens with zero attached hydrogens (tertiary/aromatic N) is 1. The molecule has 0 amide bonds. The van der Waals surface area contributed by atoms with Crippen LogP contribution in [0.1, 0.15) is 0 Å². The van der Waals surface area contributed by atoms with Crippen LogP contribution in [0.2, 0.25) is 0 Å². The molecule has 0 aliphatic rings. The monoisotopic (exact) mass is 689 g/mol. The second-order valence-corrected chi connectivity index (χ2v) is 13.7. The maximum Gasteiger partial charge on any atom is 0.136 e. The zero-order chi connectivity index (χ0) is 35.8. The molecule has 2 nitrogen and oxygen atoms in total. The van der Waals surface area contributed by atoms with Crippen LogP contribution in [0.3, 0.4) is 0 Å². The molecule has 0 fully saturated rings. The summed E-state index contributed by atoms with van der Waals surface area (Å²) in [6.45, 7) is 0. The smallest absolute Gasteiger partial charge is 0.136 e. The summed E-state index contributed by atoms with van der Waals surface area (Å²) < 4.78 is 6.42. The number of hydrogen-bond donors (Lipinski definition) is 0. The molecular weight excluding hydrogens is 655 g/mol.